The molecule has 0 radical (unpaired) electrons. The number of aliphatic hydroxyl groups is 1. The topological polar surface area (TPSA) is 47.3 Å². The van der Waals surface area contributed by atoms with E-state index in [9.17, 15) is 5.11 Å². The zero-order valence-electron chi connectivity index (χ0n) is 8.77. The summed E-state index contributed by atoms with van der Waals surface area (Å²) in [5.41, 5.74) is 0.0160. The second-order valence-electron chi connectivity index (χ2n) is 4.10. The first-order valence-electron chi connectivity index (χ1n) is 5.08. The second kappa shape index (κ2) is 3.21. The van der Waals surface area contributed by atoms with Crippen molar-refractivity contribution in [1.82, 2.24) is 9.78 Å². The Morgan fingerprint density at radius 2 is 2.25 bits per heavy atom. The van der Waals surface area contributed by atoms with Gasteiger partial charge in [0.2, 0.25) is 0 Å². The number of fused-ring (bicyclic) bond motifs is 1. The summed E-state index contributed by atoms with van der Waals surface area (Å²) in [6.07, 6.45) is 3.39. The third kappa shape index (κ3) is 1.43. The summed E-state index contributed by atoms with van der Waals surface area (Å²) in [5, 5.41) is 15.3. The Bertz CT molecular complexity index is 560. The summed E-state index contributed by atoms with van der Waals surface area (Å²) in [6, 6.07) is 3.84. The van der Waals surface area contributed by atoms with E-state index in [1.165, 1.54) is 0 Å². The first kappa shape index (κ1) is 10.1. The van der Waals surface area contributed by atoms with E-state index in [4.69, 9.17) is 4.74 Å². The SMILES string of the molecule is COc1cc(Br)cc2cn(C3(O)CC3)nc12. The van der Waals surface area contributed by atoms with E-state index in [0.29, 0.717) is 5.75 Å². The minimum atomic E-state index is -0.767. The number of hydrogen-bond donors (Lipinski definition) is 1. The molecular weight excluding hydrogens is 272 g/mol. The van der Waals surface area contributed by atoms with E-state index in [0.717, 1.165) is 28.2 Å². The summed E-state index contributed by atoms with van der Waals surface area (Å²) >= 11 is 3.42. The molecule has 1 heterocycles. The van der Waals surface area contributed by atoms with Crippen molar-refractivity contribution in [2.45, 2.75) is 18.6 Å². The average Bonchev–Trinajstić information content (AvgIpc) is 2.86. The lowest BCUT2D eigenvalue weighted by atomic mass is 10.2. The number of halogens is 1. The van der Waals surface area contributed by atoms with Crippen molar-refractivity contribution in [3.63, 3.8) is 0 Å². The molecule has 16 heavy (non-hydrogen) atoms. The maximum Gasteiger partial charge on any atom is 0.158 e. The van der Waals surface area contributed by atoms with Crippen LogP contribution >= 0.6 is 15.9 Å². The molecular formula is C11H11BrN2O2. The molecule has 0 saturated heterocycles. The van der Waals surface area contributed by atoms with Crippen LogP contribution in [-0.2, 0) is 5.72 Å². The number of rotatable bonds is 2. The molecule has 5 heteroatoms. The largest absolute Gasteiger partial charge is 0.494 e. The maximum atomic E-state index is 9.98. The maximum absolute atomic E-state index is 9.98. The van der Waals surface area contributed by atoms with Crippen LogP contribution in [0.5, 0.6) is 5.75 Å². The Kier molecular flexibility index (Phi) is 2.03. The normalized spacial score (nSPS) is 17.7. The highest BCUT2D eigenvalue weighted by molar-refractivity contribution is 9.10. The highest BCUT2D eigenvalue weighted by Gasteiger charge is 2.43. The van der Waals surface area contributed by atoms with E-state index < -0.39 is 5.72 Å². The number of nitrogens with zero attached hydrogens (tertiary/aromatic N) is 2. The smallest absolute Gasteiger partial charge is 0.158 e. The van der Waals surface area contributed by atoms with Crippen molar-refractivity contribution in [2.24, 2.45) is 0 Å². The molecule has 0 atom stereocenters. The third-order valence-electron chi connectivity index (χ3n) is 2.88. The Labute approximate surface area is 101 Å². The molecule has 2 aromatic rings. The Hall–Kier alpha value is -1.07. The van der Waals surface area contributed by atoms with Crippen LogP contribution < -0.4 is 4.74 Å². The van der Waals surface area contributed by atoms with Gasteiger partial charge < -0.3 is 9.84 Å². The monoisotopic (exact) mass is 282 g/mol. The highest BCUT2D eigenvalue weighted by atomic mass is 79.9. The second-order valence-corrected chi connectivity index (χ2v) is 5.02. The van der Waals surface area contributed by atoms with Crippen molar-refractivity contribution < 1.29 is 9.84 Å². The molecule has 1 aromatic heterocycles. The molecule has 0 spiro atoms. The molecule has 1 aromatic carbocycles. The first-order chi connectivity index (χ1) is 7.62. The van der Waals surface area contributed by atoms with E-state index in [1.54, 1.807) is 11.8 Å². The van der Waals surface area contributed by atoms with Gasteiger partial charge in [-0.05, 0) is 12.1 Å². The molecule has 0 aliphatic heterocycles. The third-order valence-corrected chi connectivity index (χ3v) is 3.34. The molecule has 3 rings (SSSR count). The van der Waals surface area contributed by atoms with Crippen LogP contribution in [0, 0.1) is 0 Å². The standard InChI is InChI=1S/C11H11BrN2O2/c1-16-9-5-8(12)4-7-6-14(13-10(7)9)11(15)2-3-11/h4-6,15H,2-3H2,1H3. The fourth-order valence-electron chi connectivity index (χ4n) is 1.78. The van der Waals surface area contributed by atoms with Crippen LogP contribution in [0.1, 0.15) is 12.8 Å². The van der Waals surface area contributed by atoms with Gasteiger partial charge in [0.15, 0.2) is 5.72 Å². The molecule has 1 aliphatic rings. The van der Waals surface area contributed by atoms with Crippen LogP contribution in [0.25, 0.3) is 10.9 Å². The van der Waals surface area contributed by atoms with Gasteiger partial charge >= 0.3 is 0 Å². The van der Waals surface area contributed by atoms with Crippen molar-refractivity contribution in [1.29, 1.82) is 0 Å². The van der Waals surface area contributed by atoms with Gasteiger partial charge in [-0.3, -0.25) is 0 Å². The predicted octanol–water partition coefficient (Wildman–Crippen LogP) is 2.25. The highest BCUT2D eigenvalue weighted by Crippen LogP contribution is 2.41. The predicted molar refractivity (Wildman–Crippen MR) is 63.4 cm³/mol. The lowest BCUT2D eigenvalue weighted by Crippen LogP contribution is -2.15. The van der Waals surface area contributed by atoms with Gasteiger partial charge in [0.1, 0.15) is 11.3 Å². The number of methoxy groups -OCH3 is 1. The number of benzene rings is 1. The van der Waals surface area contributed by atoms with E-state index in [1.807, 2.05) is 18.3 Å². The molecule has 1 N–H and O–H groups in total. The minimum Gasteiger partial charge on any atom is -0.494 e. The average molecular weight is 283 g/mol. The van der Waals surface area contributed by atoms with E-state index >= 15 is 0 Å². The summed E-state index contributed by atoms with van der Waals surface area (Å²) in [4.78, 5) is 0. The molecule has 84 valence electrons. The van der Waals surface area contributed by atoms with Crippen molar-refractivity contribution in [3.8, 4) is 5.75 Å². The van der Waals surface area contributed by atoms with Crippen molar-refractivity contribution in [3.05, 3.63) is 22.8 Å². The quantitative estimate of drug-likeness (QED) is 0.919. The zero-order chi connectivity index (χ0) is 11.3. The molecule has 1 saturated carbocycles. The summed E-state index contributed by atoms with van der Waals surface area (Å²) in [7, 11) is 1.62. The summed E-state index contributed by atoms with van der Waals surface area (Å²) in [5.74, 6) is 0.715. The first-order valence-corrected chi connectivity index (χ1v) is 5.87. The van der Waals surface area contributed by atoms with Gasteiger partial charge in [0, 0.05) is 28.9 Å². The Morgan fingerprint density at radius 3 is 2.88 bits per heavy atom. The fraction of sp³-hybridized carbons (Fsp3) is 0.364. The molecule has 0 unspecified atom stereocenters. The van der Waals surface area contributed by atoms with Gasteiger partial charge in [-0.25, -0.2) is 4.68 Å². The van der Waals surface area contributed by atoms with E-state index in [2.05, 4.69) is 21.0 Å². The molecule has 4 nitrogen and oxygen atoms in total. The molecule has 1 fully saturated rings. The number of hydrogen-bond acceptors (Lipinski definition) is 3. The summed E-state index contributed by atoms with van der Waals surface area (Å²) < 4.78 is 7.84. The zero-order valence-corrected chi connectivity index (χ0v) is 10.4. The van der Waals surface area contributed by atoms with Crippen LogP contribution in [0.2, 0.25) is 0 Å². The number of aromatic nitrogens is 2. The van der Waals surface area contributed by atoms with Crippen molar-refractivity contribution >= 4 is 26.8 Å². The van der Waals surface area contributed by atoms with Crippen LogP contribution in [0.3, 0.4) is 0 Å². The van der Waals surface area contributed by atoms with Gasteiger partial charge in [-0.2, -0.15) is 5.10 Å². The number of ether oxygens (including phenoxy) is 1. The van der Waals surface area contributed by atoms with Crippen LogP contribution in [0.4, 0.5) is 0 Å². The van der Waals surface area contributed by atoms with Crippen LogP contribution in [-0.4, -0.2) is 22.0 Å². The molecule has 1 aliphatic carbocycles. The minimum absolute atomic E-state index is 0.715. The fourth-order valence-corrected chi connectivity index (χ4v) is 2.23. The van der Waals surface area contributed by atoms with Gasteiger partial charge in [0.25, 0.3) is 0 Å². The van der Waals surface area contributed by atoms with Crippen LogP contribution in [0.15, 0.2) is 22.8 Å². The van der Waals surface area contributed by atoms with Gasteiger partial charge in [-0.1, -0.05) is 15.9 Å². The molecule has 0 bridgehead atoms. The Morgan fingerprint density at radius 1 is 1.50 bits per heavy atom. The molecule has 0 amide bonds. The lowest BCUT2D eigenvalue weighted by molar-refractivity contribution is 0.0609. The van der Waals surface area contributed by atoms with Crippen molar-refractivity contribution in [2.75, 3.05) is 7.11 Å². The van der Waals surface area contributed by atoms with Gasteiger partial charge in [-0.15, -0.1) is 0 Å². The summed E-state index contributed by atoms with van der Waals surface area (Å²) in [6.45, 7) is 0. The lowest BCUT2D eigenvalue weighted by Gasteiger charge is -2.06. The van der Waals surface area contributed by atoms with Gasteiger partial charge in [0.05, 0.1) is 7.11 Å². The van der Waals surface area contributed by atoms with E-state index in [-0.39, 0.29) is 0 Å². The Balaban J connectivity index is 2.23.